The Morgan fingerprint density at radius 1 is 1.20 bits per heavy atom. The monoisotopic (exact) mass is 284 g/mol. The Kier molecular flexibility index (Phi) is 7.52. The molecule has 2 unspecified atom stereocenters. The van der Waals surface area contributed by atoms with Crippen molar-refractivity contribution in [2.24, 2.45) is 11.8 Å². The summed E-state index contributed by atoms with van der Waals surface area (Å²) in [7, 11) is 0. The molecule has 0 radical (unpaired) electrons. The van der Waals surface area contributed by atoms with Crippen LogP contribution in [-0.2, 0) is 9.53 Å². The average Bonchev–Trinajstić information content (AvgIpc) is 2.65. The van der Waals surface area contributed by atoms with Crippen molar-refractivity contribution in [2.45, 2.75) is 66.1 Å². The van der Waals surface area contributed by atoms with Crippen molar-refractivity contribution in [1.82, 2.24) is 10.2 Å². The van der Waals surface area contributed by atoms with Crippen molar-refractivity contribution < 1.29 is 9.53 Å². The summed E-state index contributed by atoms with van der Waals surface area (Å²) >= 11 is 0. The van der Waals surface area contributed by atoms with E-state index in [-0.39, 0.29) is 18.1 Å². The Labute approximate surface area is 124 Å². The van der Waals surface area contributed by atoms with Crippen molar-refractivity contribution in [3.05, 3.63) is 0 Å². The van der Waals surface area contributed by atoms with Gasteiger partial charge in [-0.3, -0.25) is 10.1 Å². The Morgan fingerprint density at radius 2 is 1.90 bits per heavy atom. The molecule has 0 aliphatic carbocycles. The standard InChI is InChI=1S/C16H32N2O2/c1-6-15-17-14(11-13(4)5)16(19)18(15)8-10-20-9-7-12(2)3/h12-15,17H,6-11H2,1-5H3. The molecule has 1 rings (SSSR count). The van der Waals surface area contributed by atoms with Crippen LogP contribution in [0.1, 0.15) is 53.9 Å². The topological polar surface area (TPSA) is 41.6 Å². The molecule has 4 heteroatoms. The van der Waals surface area contributed by atoms with Crippen LogP contribution in [0.3, 0.4) is 0 Å². The summed E-state index contributed by atoms with van der Waals surface area (Å²) in [6.07, 6.45) is 3.13. The van der Waals surface area contributed by atoms with Crippen molar-refractivity contribution in [2.75, 3.05) is 19.8 Å². The summed E-state index contributed by atoms with van der Waals surface area (Å²) in [5.74, 6) is 1.46. The van der Waals surface area contributed by atoms with E-state index in [4.69, 9.17) is 4.74 Å². The maximum Gasteiger partial charge on any atom is 0.241 e. The number of hydrogen-bond donors (Lipinski definition) is 1. The molecule has 4 nitrogen and oxygen atoms in total. The predicted molar refractivity (Wildman–Crippen MR) is 82.4 cm³/mol. The lowest BCUT2D eigenvalue weighted by Gasteiger charge is -2.23. The van der Waals surface area contributed by atoms with Crippen molar-refractivity contribution >= 4 is 5.91 Å². The first-order valence-corrected chi connectivity index (χ1v) is 8.10. The highest BCUT2D eigenvalue weighted by molar-refractivity contribution is 5.84. The second kappa shape index (κ2) is 8.63. The highest BCUT2D eigenvalue weighted by Gasteiger charge is 2.37. The molecule has 1 heterocycles. The molecular formula is C16H32N2O2. The Bertz CT molecular complexity index is 292. The lowest BCUT2D eigenvalue weighted by Crippen LogP contribution is -2.39. The van der Waals surface area contributed by atoms with Gasteiger partial charge in [0.1, 0.15) is 0 Å². The van der Waals surface area contributed by atoms with Gasteiger partial charge in [-0.2, -0.15) is 0 Å². The van der Waals surface area contributed by atoms with E-state index in [1.54, 1.807) is 0 Å². The van der Waals surface area contributed by atoms with E-state index in [0.717, 1.165) is 25.9 Å². The Morgan fingerprint density at radius 3 is 2.45 bits per heavy atom. The van der Waals surface area contributed by atoms with Crippen LogP contribution in [0.15, 0.2) is 0 Å². The fourth-order valence-corrected chi connectivity index (χ4v) is 2.58. The average molecular weight is 284 g/mol. The van der Waals surface area contributed by atoms with Gasteiger partial charge in [0.05, 0.1) is 18.8 Å². The largest absolute Gasteiger partial charge is 0.380 e. The Hall–Kier alpha value is -0.610. The van der Waals surface area contributed by atoms with Gasteiger partial charge in [0.15, 0.2) is 0 Å². The van der Waals surface area contributed by atoms with Crippen LogP contribution in [0.4, 0.5) is 0 Å². The normalized spacial score (nSPS) is 23.4. The first-order chi connectivity index (χ1) is 9.45. The third kappa shape index (κ3) is 5.41. The molecule has 0 aromatic rings. The summed E-state index contributed by atoms with van der Waals surface area (Å²) < 4.78 is 5.64. The number of rotatable bonds is 9. The molecule has 0 saturated carbocycles. The van der Waals surface area contributed by atoms with Gasteiger partial charge in [-0.15, -0.1) is 0 Å². The molecule has 1 saturated heterocycles. The van der Waals surface area contributed by atoms with Crippen molar-refractivity contribution in [3.63, 3.8) is 0 Å². The van der Waals surface area contributed by atoms with Crippen molar-refractivity contribution in [1.29, 1.82) is 0 Å². The number of amides is 1. The fraction of sp³-hybridized carbons (Fsp3) is 0.938. The minimum absolute atomic E-state index is 0.00406. The van der Waals surface area contributed by atoms with E-state index in [1.165, 1.54) is 0 Å². The molecule has 118 valence electrons. The number of ether oxygens (including phenoxy) is 1. The molecule has 0 aromatic carbocycles. The maximum absolute atomic E-state index is 12.4. The maximum atomic E-state index is 12.4. The van der Waals surface area contributed by atoms with Gasteiger partial charge in [-0.25, -0.2) is 0 Å². The summed E-state index contributed by atoms with van der Waals surface area (Å²) in [6, 6.07) is -0.00406. The molecule has 1 N–H and O–H groups in total. The SMILES string of the molecule is CCC1NC(CC(C)C)C(=O)N1CCOCCC(C)C. The molecule has 0 aromatic heterocycles. The lowest BCUT2D eigenvalue weighted by atomic mass is 10.0. The summed E-state index contributed by atoms with van der Waals surface area (Å²) in [4.78, 5) is 14.4. The highest BCUT2D eigenvalue weighted by atomic mass is 16.5. The minimum Gasteiger partial charge on any atom is -0.380 e. The number of hydrogen-bond acceptors (Lipinski definition) is 3. The molecule has 1 fully saturated rings. The van der Waals surface area contributed by atoms with E-state index < -0.39 is 0 Å². The van der Waals surface area contributed by atoms with E-state index in [0.29, 0.717) is 25.0 Å². The number of nitrogens with one attached hydrogen (secondary N) is 1. The zero-order valence-corrected chi connectivity index (χ0v) is 13.8. The fourth-order valence-electron chi connectivity index (χ4n) is 2.58. The Balaban J connectivity index is 2.36. The highest BCUT2D eigenvalue weighted by Crippen LogP contribution is 2.18. The summed E-state index contributed by atoms with van der Waals surface area (Å²) in [6.45, 7) is 13.0. The van der Waals surface area contributed by atoms with Crippen LogP contribution in [0.2, 0.25) is 0 Å². The first-order valence-electron chi connectivity index (χ1n) is 8.10. The second-order valence-corrected chi connectivity index (χ2v) is 6.60. The van der Waals surface area contributed by atoms with Crippen LogP contribution in [0, 0.1) is 11.8 Å². The van der Waals surface area contributed by atoms with Gasteiger partial charge < -0.3 is 9.64 Å². The number of carbonyl (C=O) groups excluding carboxylic acids is 1. The van der Waals surface area contributed by atoms with Crippen LogP contribution in [0.5, 0.6) is 0 Å². The van der Waals surface area contributed by atoms with Gasteiger partial charge >= 0.3 is 0 Å². The quantitative estimate of drug-likeness (QED) is 0.662. The van der Waals surface area contributed by atoms with Gasteiger partial charge in [-0.1, -0.05) is 34.6 Å². The predicted octanol–water partition coefficient (Wildman–Crippen LogP) is 2.63. The first kappa shape index (κ1) is 17.4. The smallest absolute Gasteiger partial charge is 0.241 e. The van der Waals surface area contributed by atoms with E-state index in [9.17, 15) is 4.79 Å². The van der Waals surface area contributed by atoms with Gasteiger partial charge in [0.25, 0.3) is 0 Å². The summed E-state index contributed by atoms with van der Waals surface area (Å²) in [5.41, 5.74) is 0. The van der Waals surface area contributed by atoms with Crippen LogP contribution >= 0.6 is 0 Å². The van der Waals surface area contributed by atoms with Crippen molar-refractivity contribution in [3.8, 4) is 0 Å². The molecule has 1 aliphatic heterocycles. The molecule has 20 heavy (non-hydrogen) atoms. The van der Waals surface area contributed by atoms with Crippen LogP contribution in [-0.4, -0.2) is 42.8 Å². The van der Waals surface area contributed by atoms with Gasteiger partial charge in [-0.05, 0) is 31.1 Å². The second-order valence-electron chi connectivity index (χ2n) is 6.60. The molecule has 1 amide bonds. The van der Waals surface area contributed by atoms with Crippen LogP contribution in [0.25, 0.3) is 0 Å². The molecule has 1 aliphatic rings. The number of nitrogens with zero attached hydrogens (tertiary/aromatic N) is 1. The molecular weight excluding hydrogens is 252 g/mol. The van der Waals surface area contributed by atoms with E-state index >= 15 is 0 Å². The summed E-state index contributed by atoms with van der Waals surface area (Å²) in [5, 5.41) is 3.45. The molecule has 0 spiro atoms. The zero-order valence-electron chi connectivity index (χ0n) is 13.8. The van der Waals surface area contributed by atoms with Gasteiger partial charge in [0.2, 0.25) is 5.91 Å². The third-order valence-electron chi connectivity index (χ3n) is 3.76. The van der Waals surface area contributed by atoms with E-state index in [1.807, 2.05) is 4.90 Å². The number of carbonyl (C=O) groups is 1. The zero-order chi connectivity index (χ0) is 15.1. The minimum atomic E-state index is -0.00406. The molecule has 2 atom stereocenters. The third-order valence-corrected chi connectivity index (χ3v) is 3.76. The van der Waals surface area contributed by atoms with Gasteiger partial charge in [0, 0.05) is 13.2 Å². The van der Waals surface area contributed by atoms with Crippen LogP contribution < -0.4 is 5.32 Å². The molecule has 0 bridgehead atoms. The van der Waals surface area contributed by atoms with E-state index in [2.05, 4.69) is 39.9 Å². The lowest BCUT2D eigenvalue weighted by molar-refractivity contribution is -0.131.